The minimum absolute atomic E-state index is 0.102. The summed E-state index contributed by atoms with van der Waals surface area (Å²) in [6, 6.07) is 6.59. The van der Waals surface area contributed by atoms with Gasteiger partial charge in [0.2, 0.25) is 5.91 Å². The number of hydrogen-bond acceptors (Lipinski definition) is 3. The molecule has 2 rings (SSSR count). The number of benzene rings is 1. The number of nitrogens with two attached hydrogens (primary N) is 1. The van der Waals surface area contributed by atoms with Gasteiger partial charge in [0.1, 0.15) is 0 Å². The summed E-state index contributed by atoms with van der Waals surface area (Å²) in [6.07, 6.45) is 1.20. The van der Waals surface area contributed by atoms with Gasteiger partial charge in [-0.3, -0.25) is 14.5 Å². The lowest BCUT2D eigenvalue weighted by Crippen LogP contribution is -2.48. The van der Waals surface area contributed by atoms with Crippen LogP contribution in [0.4, 0.5) is 5.69 Å². The molecular weight excluding hydrogens is 278 g/mol. The molecule has 1 aliphatic rings. The smallest absolute Gasteiger partial charge is 0.250 e. The van der Waals surface area contributed by atoms with Crippen molar-refractivity contribution in [2.75, 3.05) is 18.4 Å². The quantitative estimate of drug-likeness (QED) is 0.894. The van der Waals surface area contributed by atoms with E-state index in [1.54, 1.807) is 24.3 Å². The Morgan fingerprint density at radius 3 is 2.41 bits per heavy atom. The number of primary amides is 1. The average Bonchev–Trinajstić information content (AvgIpc) is 2.45. The number of likely N-dealkylation sites (tertiary alicyclic amines) is 1. The zero-order valence-electron chi connectivity index (χ0n) is 13.5. The third kappa shape index (κ3) is 3.85. The second kappa shape index (κ2) is 6.92. The molecule has 22 heavy (non-hydrogen) atoms. The van der Waals surface area contributed by atoms with Crippen LogP contribution in [0.15, 0.2) is 24.3 Å². The van der Waals surface area contributed by atoms with Crippen molar-refractivity contribution in [2.24, 2.45) is 17.6 Å². The molecule has 1 aliphatic heterocycles. The first-order valence-corrected chi connectivity index (χ1v) is 7.82. The van der Waals surface area contributed by atoms with Gasteiger partial charge in [0.15, 0.2) is 0 Å². The van der Waals surface area contributed by atoms with E-state index in [9.17, 15) is 9.59 Å². The van der Waals surface area contributed by atoms with E-state index in [-0.39, 0.29) is 11.9 Å². The summed E-state index contributed by atoms with van der Waals surface area (Å²) in [4.78, 5) is 26.1. The number of carbonyl (C=O) groups is 2. The summed E-state index contributed by atoms with van der Waals surface area (Å²) in [5, 5.41) is 2.84. The van der Waals surface area contributed by atoms with Crippen LogP contribution in [0.1, 0.15) is 37.6 Å². The van der Waals surface area contributed by atoms with Gasteiger partial charge in [-0.05, 0) is 37.3 Å². The van der Waals surface area contributed by atoms with Crippen molar-refractivity contribution < 1.29 is 9.59 Å². The van der Waals surface area contributed by atoms with Gasteiger partial charge in [0, 0.05) is 13.1 Å². The summed E-state index contributed by atoms with van der Waals surface area (Å²) >= 11 is 0. The fourth-order valence-electron chi connectivity index (χ4n) is 3.24. The van der Waals surface area contributed by atoms with Gasteiger partial charge < -0.3 is 11.1 Å². The summed E-state index contributed by atoms with van der Waals surface area (Å²) < 4.78 is 0. The summed E-state index contributed by atoms with van der Waals surface area (Å²) in [7, 11) is 0. The first kappa shape index (κ1) is 16.5. The van der Waals surface area contributed by atoms with Crippen molar-refractivity contribution in [1.82, 2.24) is 4.90 Å². The highest BCUT2D eigenvalue weighted by molar-refractivity contribution is 6.04. The number of nitrogens with zero attached hydrogens (tertiary/aromatic N) is 1. The van der Waals surface area contributed by atoms with Crippen molar-refractivity contribution in [3.63, 3.8) is 0 Å². The Morgan fingerprint density at radius 1 is 1.23 bits per heavy atom. The number of hydrogen-bond donors (Lipinski definition) is 2. The normalized spacial score (nSPS) is 23.8. The van der Waals surface area contributed by atoms with E-state index in [2.05, 4.69) is 24.1 Å². The van der Waals surface area contributed by atoms with E-state index in [0.717, 1.165) is 13.1 Å². The van der Waals surface area contributed by atoms with Crippen molar-refractivity contribution in [3.8, 4) is 0 Å². The van der Waals surface area contributed by atoms with Gasteiger partial charge in [0.25, 0.3) is 5.91 Å². The molecule has 5 heteroatoms. The lowest BCUT2D eigenvalue weighted by Gasteiger charge is -2.38. The van der Waals surface area contributed by atoms with E-state index in [1.807, 2.05) is 6.92 Å². The van der Waals surface area contributed by atoms with E-state index in [4.69, 9.17) is 5.73 Å². The lowest BCUT2D eigenvalue weighted by atomic mass is 9.91. The molecule has 0 spiro atoms. The molecule has 1 saturated heterocycles. The minimum Gasteiger partial charge on any atom is -0.366 e. The SMILES string of the molecule is CC1CC(C)CN(C(C)C(=O)Nc2ccccc2C(N)=O)C1. The van der Waals surface area contributed by atoms with Gasteiger partial charge in [-0.2, -0.15) is 0 Å². The van der Waals surface area contributed by atoms with Crippen LogP contribution in [0, 0.1) is 11.8 Å². The number of amides is 2. The fraction of sp³-hybridized carbons (Fsp3) is 0.529. The Balaban J connectivity index is 2.07. The molecule has 3 unspecified atom stereocenters. The predicted molar refractivity (Wildman–Crippen MR) is 87.6 cm³/mol. The Hall–Kier alpha value is -1.88. The topological polar surface area (TPSA) is 75.4 Å². The zero-order valence-corrected chi connectivity index (χ0v) is 13.5. The molecule has 5 nitrogen and oxygen atoms in total. The first-order valence-electron chi connectivity index (χ1n) is 7.82. The van der Waals surface area contributed by atoms with Crippen LogP contribution in [-0.4, -0.2) is 35.8 Å². The van der Waals surface area contributed by atoms with Crippen LogP contribution in [0.3, 0.4) is 0 Å². The molecule has 0 aliphatic carbocycles. The highest BCUT2D eigenvalue weighted by Gasteiger charge is 2.29. The third-order valence-corrected chi connectivity index (χ3v) is 4.27. The van der Waals surface area contributed by atoms with E-state index in [1.165, 1.54) is 6.42 Å². The molecule has 2 amide bonds. The Morgan fingerprint density at radius 2 is 1.82 bits per heavy atom. The van der Waals surface area contributed by atoms with Crippen molar-refractivity contribution >= 4 is 17.5 Å². The summed E-state index contributed by atoms with van der Waals surface area (Å²) in [5.41, 5.74) is 6.16. The number of carbonyl (C=O) groups excluding carboxylic acids is 2. The highest BCUT2D eigenvalue weighted by atomic mass is 16.2. The standard InChI is InChI=1S/C17H25N3O2/c1-11-8-12(2)10-20(9-11)13(3)17(22)19-15-7-5-4-6-14(15)16(18)21/h4-7,11-13H,8-10H2,1-3H3,(H2,18,21)(H,19,22). The van der Waals surface area contributed by atoms with Crippen LogP contribution in [0.25, 0.3) is 0 Å². The molecule has 0 saturated carbocycles. The van der Waals surface area contributed by atoms with Crippen molar-refractivity contribution in [2.45, 2.75) is 33.2 Å². The molecule has 0 bridgehead atoms. The lowest BCUT2D eigenvalue weighted by molar-refractivity contribution is -0.121. The van der Waals surface area contributed by atoms with Gasteiger partial charge >= 0.3 is 0 Å². The first-order chi connectivity index (χ1) is 10.4. The van der Waals surface area contributed by atoms with E-state index >= 15 is 0 Å². The molecule has 0 radical (unpaired) electrons. The van der Waals surface area contributed by atoms with Gasteiger partial charge in [-0.25, -0.2) is 0 Å². The predicted octanol–water partition coefficient (Wildman–Crippen LogP) is 2.09. The molecule has 1 aromatic rings. The van der Waals surface area contributed by atoms with E-state index in [0.29, 0.717) is 23.1 Å². The molecule has 3 atom stereocenters. The third-order valence-electron chi connectivity index (χ3n) is 4.27. The summed E-state index contributed by atoms with van der Waals surface area (Å²) in [5.74, 6) is 0.549. The number of anilines is 1. The average molecular weight is 303 g/mol. The molecule has 3 N–H and O–H groups in total. The fourth-order valence-corrected chi connectivity index (χ4v) is 3.24. The van der Waals surface area contributed by atoms with Crippen molar-refractivity contribution in [3.05, 3.63) is 29.8 Å². The second-order valence-electron chi connectivity index (χ2n) is 6.48. The maximum atomic E-state index is 12.5. The second-order valence-corrected chi connectivity index (χ2v) is 6.48. The largest absolute Gasteiger partial charge is 0.366 e. The maximum absolute atomic E-state index is 12.5. The number of para-hydroxylation sites is 1. The number of rotatable bonds is 4. The van der Waals surface area contributed by atoms with E-state index < -0.39 is 5.91 Å². The Bertz CT molecular complexity index is 549. The number of nitrogens with one attached hydrogen (secondary N) is 1. The molecule has 1 heterocycles. The molecule has 1 aromatic carbocycles. The monoisotopic (exact) mass is 303 g/mol. The van der Waals surface area contributed by atoms with Gasteiger partial charge in [-0.1, -0.05) is 26.0 Å². The van der Waals surface area contributed by atoms with Crippen LogP contribution < -0.4 is 11.1 Å². The minimum atomic E-state index is -0.538. The highest BCUT2D eigenvalue weighted by Crippen LogP contribution is 2.23. The van der Waals surface area contributed by atoms with Gasteiger partial charge in [-0.15, -0.1) is 0 Å². The molecular formula is C17H25N3O2. The number of piperidine rings is 1. The zero-order chi connectivity index (χ0) is 16.3. The van der Waals surface area contributed by atoms with Crippen LogP contribution in [-0.2, 0) is 4.79 Å². The van der Waals surface area contributed by atoms with Crippen molar-refractivity contribution in [1.29, 1.82) is 0 Å². The molecule has 120 valence electrons. The molecule has 1 fully saturated rings. The van der Waals surface area contributed by atoms with Crippen LogP contribution in [0.2, 0.25) is 0 Å². The van der Waals surface area contributed by atoms with Crippen LogP contribution >= 0.6 is 0 Å². The Labute approximate surface area is 131 Å². The van der Waals surface area contributed by atoms with Crippen LogP contribution in [0.5, 0.6) is 0 Å². The van der Waals surface area contributed by atoms with Gasteiger partial charge in [0.05, 0.1) is 17.3 Å². The summed E-state index contributed by atoms with van der Waals surface area (Å²) in [6.45, 7) is 8.20. The maximum Gasteiger partial charge on any atom is 0.250 e. The Kier molecular flexibility index (Phi) is 5.19. The molecule has 0 aromatic heterocycles.